The standard InChI is InChI=1S/C39H46N8O9/c1-38(2,53)30(44-36(50)51)34(48)46-14-6-8-26(46)32-40-18-24(42-32)20-10-12-22-23-13-11-21(17-29(23)56-28(22)16-20)25-19-41-33(43-25)27-9-7-15-47(27)35(49)31(39(3,4)54)45-37(52)55-5/h10-13,16-19,26-27,30-31,44,53-54H,6-9,14-15H2,1-5H3,(H,40,42)(H,41,43)(H,45,52)(H,50,51)/t26-,27-,30+,31+/m0/s1. The van der Waals surface area contributed by atoms with Gasteiger partial charge in [0.1, 0.15) is 34.9 Å². The predicted molar refractivity (Wildman–Crippen MR) is 203 cm³/mol. The number of hydrogen-bond acceptors (Lipinski definition) is 10. The number of rotatable bonds is 10. The maximum Gasteiger partial charge on any atom is 0.407 e. The number of aromatic amines is 2. The number of benzene rings is 2. The van der Waals surface area contributed by atoms with E-state index in [1.165, 1.54) is 34.8 Å². The fraction of sp³-hybridized carbons (Fsp3) is 0.436. The quantitative estimate of drug-likeness (QED) is 0.104. The zero-order valence-electron chi connectivity index (χ0n) is 31.8. The number of amides is 4. The van der Waals surface area contributed by atoms with Crippen LogP contribution < -0.4 is 10.6 Å². The molecule has 5 heterocycles. The Morgan fingerprint density at radius 3 is 1.64 bits per heavy atom. The van der Waals surface area contributed by atoms with Crippen molar-refractivity contribution >= 4 is 45.9 Å². The second kappa shape index (κ2) is 14.6. The van der Waals surface area contributed by atoms with E-state index in [0.29, 0.717) is 60.9 Å². The fourth-order valence-corrected chi connectivity index (χ4v) is 7.76. The number of fused-ring (bicyclic) bond motifs is 3. The first-order chi connectivity index (χ1) is 26.5. The van der Waals surface area contributed by atoms with Crippen LogP contribution in [0.1, 0.15) is 77.1 Å². The second-order valence-electron chi connectivity index (χ2n) is 15.5. The van der Waals surface area contributed by atoms with Gasteiger partial charge in [0.15, 0.2) is 0 Å². The van der Waals surface area contributed by atoms with Gasteiger partial charge in [-0.2, -0.15) is 0 Å². The third-order valence-electron chi connectivity index (χ3n) is 10.6. The number of ether oxygens (including phenoxy) is 1. The zero-order chi connectivity index (χ0) is 40.1. The molecule has 4 atom stereocenters. The van der Waals surface area contributed by atoms with Gasteiger partial charge in [-0.25, -0.2) is 19.6 Å². The van der Waals surface area contributed by atoms with Crippen molar-refractivity contribution in [1.82, 2.24) is 40.4 Å². The normalized spacial score (nSPS) is 18.7. The van der Waals surface area contributed by atoms with Crippen molar-refractivity contribution in [3.63, 3.8) is 0 Å². The van der Waals surface area contributed by atoms with Crippen LogP contribution in [0.15, 0.2) is 53.2 Å². The molecule has 2 fully saturated rings. The molecule has 7 N–H and O–H groups in total. The lowest BCUT2D eigenvalue weighted by molar-refractivity contribution is -0.141. The number of methoxy groups -OCH3 is 1. The summed E-state index contributed by atoms with van der Waals surface area (Å²) in [6, 6.07) is 8.37. The van der Waals surface area contributed by atoms with Gasteiger partial charge in [-0.05, 0) is 77.6 Å². The maximum absolute atomic E-state index is 13.6. The van der Waals surface area contributed by atoms with Crippen molar-refractivity contribution in [2.75, 3.05) is 20.2 Å². The van der Waals surface area contributed by atoms with Crippen LogP contribution in [-0.4, -0.2) is 113 Å². The molecule has 2 aliphatic heterocycles. The van der Waals surface area contributed by atoms with Crippen molar-refractivity contribution in [2.24, 2.45) is 0 Å². The molecular weight excluding hydrogens is 724 g/mol. The highest BCUT2D eigenvalue weighted by Gasteiger charge is 2.43. The highest BCUT2D eigenvalue weighted by Crippen LogP contribution is 2.37. The van der Waals surface area contributed by atoms with Gasteiger partial charge in [-0.15, -0.1) is 0 Å². The third-order valence-corrected chi connectivity index (χ3v) is 10.6. The van der Waals surface area contributed by atoms with Crippen molar-refractivity contribution in [1.29, 1.82) is 0 Å². The van der Waals surface area contributed by atoms with Gasteiger partial charge in [0.25, 0.3) is 0 Å². The molecule has 0 saturated carbocycles. The number of hydrogen-bond donors (Lipinski definition) is 7. The molecule has 2 saturated heterocycles. The highest BCUT2D eigenvalue weighted by molar-refractivity contribution is 6.06. The van der Waals surface area contributed by atoms with Gasteiger partial charge < -0.3 is 54.9 Å². The molecule has 56 heavy (non-hydrogen) atoms. The molecule has 0 spiro atoms. The lowest BCUT2D eigenvalue weighted by Gasteiger charge is -2.34. The zero-order valence-corrected chi connectivity index (χ0v) is 31.8. The topological polar surface area (TPSA) is 239 Å². The summed E-state index contributed by atoms with van der Waals surface area (Å²) in [6.45, 7) is 6.55. The van der Waals surface area contributed by atoms with E-state index in [1.807, 2.05) is 36.4 Å². The Morgan fingerprint density at radius 1 is 0.786 bits per heavy atom. The van der Waals surface area contributed by atoms with Gasteiger partial charge in [-0.1, -0.05) is 12.1 Å². The first kappa shape index (κ1) is 38.3. The van der Waals surface area contributed by atoms with Crippen LogP contribution in [0.5, 0.6) is 0 Å². The van der Waals surface area contributed by atoms with Crippen molar-refractivity contribution in [3.8, 4) is 22.5 Å². The molecule has 0 unspecified atom stereocenters. The molecule has 17 nitrogen and oxygen atoms in total. The van der Waals surface area contributed by atoms with Crippen LogP contribution in [-0.2, 0) is 14.3 Å². The van der Waals surface area contributed by atoms with Crippen LogP contribution >= 0.6 is 0 Å². The number of carbonyl (C=O) groups excluding carboxylic acids is 3. The Morgan fingerprint density at radius 2 is 1.23 bits per heavy atom. The number of carbonyl (C=O) groups is 4. The van der Waals surface area contributed by atoms with Gasteiger partial charge in [0.2, 0.25) is 11.8 Å². The summed E-state index contributed by atoms with van der Waals surface area (Å²) in [5.41, 5.74) is 1.24. The maximum atomic E-state index is 13.6. The lowest BCUT2D eigenvalue weighted by atomic mass is 9.97. The number of alkyl carbamates (subject to hydrolysis) is 1. The number of carboxylic acid groups (broad SMARTS) is 1. The highest BCUT2D eigenvalue weighted by atomic mass is 16.5. The number of imidazole rings is 2. The monoisotopic (exact) mass is 770 g/mol. The Balaban J connectivity index is 1.10. The van der Waals surface area contributed by atoms with E-state index in [4.69, 9.17) is 4.42 Å². The summed E-state index contributed by atoms with van der Waals surface area (Å²) >= 11 is 0. The summed E-state index contributed by atoms with van der Waals surface area (Å²) in [5.74, 6) is 0.199. The average Bonchev–Trinajstić information content (AvgIpc) is 3.99. The van der Waals surface area contributed by atoms with E-state index in [0.717, 1.165) is 34.0 Å². The largest absolute Gasteiger partial charge is 0.465 e. The number of aliphatic hydroxyl groups is 2. The summed E-state index contributed by atoms with van der Waals surface area (Å²) < 4.78 is 11.0. The number of aromatic nitrogens is 4. The van der Waals surface area contributed by atoms with Crippen molar-refractivity contribution in [3.05, 3.63) is 60.4 Å². The van der Waals surface area contributed by atoms with E-state index in [1.54, 1.807) is 22.2 Å². The summed E-state index contributed by atoms with van der Waals surface area (Å²) in [6.07, 6.45) is 3.90. The average molecular weight is 771 g/mol. The molecule has 296 valence electrons. The minimum absolute atomic E-state index is 0.382. The van der Waals surface area contributed by atoms with E-state index in [9.17, 15) is 34.5 Å². The summed E-state index contributed by atoms with van der Waals surface area (Å²) in [5, 5.41) is 37.1. The Labute approximate surface area is 321 Å². The molecule has 5 aromatic rings. The predicted octanol–water partition coefficient (Wildman–Crippen LogP) is 4.60. The van der Waals surface area contributed by atoms with E-state index < -0.39 is 53.3 Å². The molecule has 0 aliphatic carbocycles. The number of nitrogens with zero attached hydrogens (tertiary/aromatic N) is 4. The van der Waals surface area contributed by atoms with Gasteiger partial charge in [0.05, 0.1) is 54.2 Å². The SMILES string of the molecule is COC(=O)N[C@H](C(=O)N1CCC[C@H]1c1ncc(-c2ccc3c(c2)oc2cc(-c4cnc([C@@H]5CCCN5C(=O)[C@@H](NC(=O)O)C(C)(C)O)[nH]4)ccc23)[nH]1)C(C)(C)O. The first-order valence-corrected chi connectivity index (χ1v) is 18.5. The molecule has 3 aromatic heterocycles. The number of nitrogens with one attached hydrogen (secondary N) is 4. The van der Waals surface area contributed by atoms with E-state index >= 15 is 0 Å². The van der Waals surface area contributed by atoms with Crippen LogP contribution in [0.25, 0.3) is 44.5 Å². The Hall–Kier alpha value is -5.94. The summed E-state index contributed by atoms with van der Waals surface area (Å²) in [7, 11) is 1.20. The molecule has 0 radical (unpaired) electrons. The number of furan rings is 1. The third kappa shape index (κ3) is 7.38. The van der Waals surface area contributed by atoms with Crippen LogP contribution in [0.3, 0.4) is 0 Å². The van der Waals surface area contributed by atoms with Crippen molar-refractivity contribution in [2.45, 2.75) is 88.7 Å². The molecule has 0 bridgehead atoms. The lowest BCUT2D eigenvalue weighted by Crippen LogP contribution is -2.58. The molecule has 2 aromatic carbocycles. The molecule has 4 amide bonds. The molecule has 17 heteroatoms. The second-order valence-corrected chi connectivity index (χ2v) is 15.5. The molecular formula is C39H46N8O9. The van der Waals surface area contributed by atoms with Crippen LogP contribution in [0.4, 0.5) is 9.59 Å². The Kier molecular flexibility index (Phi) is 10.0. The van der Waals surface area contributed by atoms with E-state index in [2.05, 4.69) is 35.3 Å². The minimum atomic E-state index is -1.62. The minimum Gasteiger partial charge on any atom is -0.465 e. The van der Waals surface area contributed by atoms with Crippen molar-refractivity contribution < 1.29 is 43.7 Å². The molecule has 7 rings (SSSR count). The number of H-pyrrole nitrogens is 2. The molecule has 2 aliphatic rings. The van der Waals surface area contributed by atoms with Crippen LogP contribution in [0, 0.1) is 0 Å². The fourth-order valence-electron chi connectivity index (χ4n) is 7.76. The smallest absolute Gasteiger partial charge is 0.407 e. The summed E-state index contributed by atoms with van der Waals surface area (Å²) in [4.78, 5) is 69.6. The number of likely N-dealkylation sites (tertiary alicyclic amines) is 2. The van der Waals surface area contributed by atoms with Gasteiger partial charge in [0, 0.05) is 35.0 Å². The van der Waals surface area contributed by atoms with Crippen LogP contribution in [0.2, 0.25) is 0 Å². The van der Waals surface area contributed by atoms with Gasteiger partial charge >= 0.3 is 12.2 Å². The Bertz CT molecular complexity index is 2300. The first-order valence-electron chi connectivity index (χ1n) is 18.5. The van der Waals surface area contributed by atoms with Gasteiger partial charge in [-0.3, -0.25) is 9.59 Å². The van der Waals surface area contributed by atoms with E-state index in [-0.39, 0.29) is 6.04 Å².